The molecule has 0 spiro atoms. The second kappa shape index (κ2) is 5.48. The van der Waals surface area contributed by atoms with Crippen molar-refractivity contribution >= 4 is 5.91 Å². The fourth-order valence-corrected chi connectivity index (χ4v) is 1.15. The van der Waals surface area contributed by atoms with Gasteiger partial charge in [-0.3, -0.25) is 10.2 Å². The predicted octanol–water partition coefficient (Wildman–Crippen LogP) is 1.22. The smallest absolute Gasteiger partial charge is 0.265 e. The summed E-state index contributed by atoms with van der Waals surface area (Å²) in [5.74, 6) is 4.76. The summed E-state index contributed by atoms with van der Waals surface area (Å²) in [6.45, 7) is 4.44. The summed E-state index contributed by atoms with van der Waals surface area (Å²) in [4.78, 5) is 11.2. The number of rotatable bonds is 4. The molecular weight excluding hydrogens is 192 g/mol. The topological polar surface area (TPSA) is 64.3 Å². The Morgan fingerprint density at radius 2 is 2.27 bits per heavy atom. The van der Waals surface area contributed by atoms with E-state index in [2.05, 4.69) is 5.43 Å². The van der Waals surface area contributed by atoms with Crippen LogP contribution >= 0.6 is 0 Å². The molecule has 1 rings (SSSR count). The van der Waals surface area contributed by atoms with Crippen molar-refractivity contribution in [3.05, 3.63) is 35.4 Å². The van der Waals surface area contributed by atoms with Crippen LogP contribution in [0.15, 0.2) is 24.3 Å². The monoisotopic (exact) mass is 208 g/mol. The lowest BCUT2D eigenvalue weighted by molar-refractivity contribution is 0.0656. The third-order valence-corrected chi connectivity index (χ3v) is 1.90. The molecule has 0 aromatic heterocycles. The number of carbonyl (C=O) groups excluding carboxylic acids is 1. The second-order valence-electron chi connectivity index (χ2n) is 3.53. The zero-order valence-corrected chi connectivity index (χ0v) is 8.99. The van der Waals surface area contributed by atoms with Gasteiger partial charge in [-0.25, -0.2) is 5.84 Å². The van der Waals surface area contributed by atoms with Crippen molar-refractivity contribution in [3.8, 4) is 0 Å². The molecule has 1 aromatic carbocycles. The minimum Gasteiger partial charge on any atom is -0.374 e. The van der Waals surface area contributed by atoms with Crippen molar-refractivity contribution in [2.45, 2.75) is 26.6 Å². The fourth-order valence-electron chi connectivity index (χ4n) is 1.15. The lowest BCUT2D eigenvalue weighted by Crippen LogP contribution is -2.30. The first-order chi connectivity index (χ1) is 7.13. The standard InChI is InChI=1S/C11H16N2O2/c1-8(2)15-7-9-4-3-5-10(6-9)11(14)13-12/h3-6,8H,7,12H2,1-2H3,(H,13,14). The minimum atomic E-state index is -0.290. The third-order valence-electron chi connectivity index (χ3n) is 1.90. The molecule has 0 saturated carbocycles. The maximum atomic E-state index is 11.2. The summed E-state index contributed by atoms with van der Waals surface area (Å²) in [6.07, 6.45) is 0.178. The molecule has 82 valence electrons. The van der Waals surface area contributed by atoms with Gasteiger partial charge in [-0.15, -0.1) is 0 Å². The van der Waals surface area contributed by atoms with Gasteiger partial charge in [-0.05, 0) is 31.5 Å². The van der Waals surface area contributed by atoms with E-state index < -0.39 is 0 Å². The second-order valence-corrected chi connectivity index (χ2v) is 3.53. The zero-order valence-electron chi connectivity index (χ0n) is 8.99. The zero-order chi connectivity index (χ0) is 11.3. The average molecular weight is 208 g/mol. The number of nitrogens with two attached hydrogens (primary N) is 1. The third kappa shape index (κ3) is 3.69. The number of benzene rings is 1. The fraction of sp³-hybridized carbons (Fsp3) is 0.364. The van der Waals surface area contributed by atoms with E-state index in [1.54, 1.807) is 12.1 Å². The van der Waals surface area contributed by atoms with E-state index in [0.717, 1.165) is 5.56 Å². The Balaban J connectivity index is 2.70. The van der Waals surface area contributed by atoms with Crippen LogP contribution in [0.3, 0.4) is 0 Å². The number of amides is 1. The van der Waals surface area contributed by atoms with E-state index in [0.29, 0.717) is 12.2 Å². The molecule has 4 heteroatoms. The van der Waals surface area contributed by atoms with Crippen LogP contribution in [-0.2, 0) is 11.3 Å². The highest BCUT2D eigenvalue weighted by atomic mass is 16.5. The highest BCUT2D eigenvalue weighted by Crippen LogP contribution is 2.07. The first-order valence-electron chi connectivity index (χ1n) is 4.85. The normalized spacial score (nSPS) is 10.4. The highest BCUT2D eigenvalue weighted by Gasteiger charge is 2.04. The van der Waals surface area contributed by atoms with E-state index in [4.69, 9.17) is 10.6 Å². The Kier molecular flexibility index (Phi) is 4.27. The van der Waals surface area contributed by atoms with Gasteiger partial charge >= 0.3 is 0 Å². The Morgan fingerprint density at radius 3 is 2.87 bits per heavy atom. The summed E-state index contributed by atoms with van der Waals surface area (Å²) in [7, 11) is 0. The quantitative estimate of drug-likeness (QED) is 0.444. The predicted molar refractivity (Wildman–Crippen MR) is 58.0 cm³/mol. The van der Waals surface area contributed by atoms with Crippen LogP contribution in [0.5, 0.6) is 0 Å². The maximum Gasteiger partial charge on any atom is 0.265 e. The molecular formula is C11H16N2O2. The van der Waals surface area contributed by atoms with E-state index in [1.165, 1.54) is 0 Å². The first-order valence-corrected chi connectivity index (χ1v) is 4.85. The molecule has 0 aliphatic heterocycles. The summed E-state index contributed by atoms with van der Waals surface area (Å²) >= 11 is 0. The van der Waals surface area contributed by atoms with Crippen LogP contribution in [0.4, 0.5) is 0 Å². The van der Waals surface area contributed by atoms with E-state index in [1.807, 2.05) is 26.0 Å². The lowest BCUT2D eigenvalue weighted by atomic mass is 10.1. The molecule has 3 N–H and O–H groups in total. The van der Waals surface area contributed by atoms with Gasteiger partial charge in [0.2, 0.25) is 0 Å². The van der Waals surface area contributed by atoms with Crippen LogP contribution in [0.2, 0.25) is 0 Å². The van der Waals surface area contributed by atoms with Crippen molar-refractivity contribution < 1.29 is 9.53 Å². The average Bonchev–Trinajstić information content (AvgIpc) is 2.25. The first kappa shape index (κ1) is 11.7. The number of hydrogen-bond donors (Lipinski definition) is 2. The molecule has 1 amide bonds. The highest BCUT2D eigenvalue weighted by molar-refractivity contribution is 5.93. The Morgan fingerprint density at radius 1 is 1.53 bits per heavy atom. The van der Waals surface area contributed by atoms with E-state index in [9.17, 15) is 4.79 Å². The number of hydrogen-bond acceptors (Lipinski definition) is 3. The molecule has 15 heavy (non-hydrogen) atoms. The van der Waals surface area contributed by atoms with Crippen molar-refractivity contribution in [1.82, 2.24) is 5.43 Å². The van der Waals surface area contributed by atoms with Gasteiger partial charge in [0, 0.05) is 5.56 Å². The molecule has 0 saturated heterocycles. The Labute approximate surface area is 89.4 Å². The van der Waals surface area contributed by atoms with Crippen molar-refractivity contribution in [2.24, 2.45) is 5.84 Å². The number of carbonyl (C=O) groups is 1. The number of hydrazine groups is 1. The molecule has 0 radical (unpaired) electrons. The Hall–Kier alpha value is -1.39. The number of nitrogens with one attached hydrogen (secondary N) is 1. The minimum absolute atomic E-state index is 0.178. The SMILES string of the molecule is CC(C)OCc1cccc(C(=O)NN)c1. The molecule has 0 atom stereocenters. The number of nitrogen functional groups attached to an aromatic ring is 1. The molecule has 0 heterocycles. The summed E-state index contributed by atoms with van der Waals surface area (Å²) in [6, 6.07) is 7.20. The summed E-state index contributed by atoms with van der Waals surface area (Å²) in [5.41, 5.74) is 3.60. The molecule has 0 fully saturated rings. The summed E-state index contributed by atoms with van der Waals surface area (Å²) < 4.78 is 5.43. The van der Waals surface area contributed by atoms with Gasteiger partial charge in [-0.1, -0.05) is 12.1 Å². The molecule has 0 unspecified atom stereocenters. The Bertz CT molecular complexity index is 337. The van der Waals surface area contributed by atoms with E-state index in [-0.39, 0.29) is 12.0 Å². The van der Waals surface area contributed by atoms with Gasteiger partial charge in [0.15, 0.2) is 0 Å². The number of ether oxygens (including phenoxy) is 1. The van der Waals surface area contributed by atoms with Gasteiger partial charge in [0.25, 0.3) is 5.91 Å². The van der Waals surface area contributed by atoms with Crippen LogP contribution in [0, 0.1) is 0 Å². The van der Waals surface area contributed by atoms with Crippen molar-refractivity contribution in [3.63, 3.8) is 0 Å². The van der Waals surface area contributed by atoms with Crippen LogP contribution in [0.25, 0.3) is 0 Å². The summed E-state index contributed by atoms with van der Waals surface area (Å²) in [5, 5.41) is 0. The van der Waals surface area contributed by atoms with Gasteiger partial charge < -0.3 is 4.74 Å². The molecule has 0 aliphatic carbocycles. The van der Waals surface area contributed by atoms with E-state index >= 15 is 0 Å². The van der Waals surface area contributed by atoms with Crippen molar-refractivity contribution in [1.29, 1.82) is 0 Å². The lowest BCUT2D eigenvalue weighted by Gasteiger charge is -2.08. The van der Waals surface area contributed by atoms with Gasteiger partial charge in [-0.2, -0.15) is 0 Å². The van der Waals surface area contributed by atoms with Gasteiger partial charge in [0.05, 0.1) is 12.7 Å². The van der Waals surface area contributed by atoms with Crippen LogP contribution < -0.4 is 11.3 Å². The molecule has 0 bridgehead atoms. The molecule has 4 nitrogen and oxygen atoms in total. The molecule has 1 aromatic rings. The largest absolute Gasteiger partial charge is 0.374 e. The molecule has 0 aliphatic rings. The van der Waals surface area contributed by atoms with Crippen LogP contribution in [0.1, 0.15) is 29.8 Å². The van der Waals surface area contributed by atoms with Gasteiger partial charge in [0.1, 0.15) is 0 Å². The van der Waals surface area contributed by atoms with Crippen molar-refractivity contribution in [2.75, 3.05) is 0 Å². The maximum absolute atomic E-state index is 11.2. The van der Waals surface area contributed by atoms with Crippen LogP contribution in [-0.4, -0.2) is 12.0 Å².